The van der Waals surface area contributed by atoms with Crippen LogP contribution < -0.4 is 5.32 Å². The van der Waals surface area contributed by atoms with Gasteiger partial charge in [-0.3, -0.25) is 4.79 Å². The zero-order valence-corrected chi connectivity index (χ0v) is 19.4. The number of nitrogens with one attached hydrogen (secondary N) is 1. The van der Waals surface area contributed by atoms with Gasteiger partial charge in [0.2, 0.25) is 10.0 Å². The number of piperazine rings is 1. The van der Waals surface area contributed by atoms with Gasteiger partial charge in [0.25, 0.3) is 5.91 Å². The first-order chi connectivity index (χ1) is 14.3. The van der Waals surface area contributed by atoms with Crippen LogP contribution in [-0.4, -0.2) is 87.8 Å². The molecule has 1 aromatic carbocycles. The van der Waals surface area contributed by atoms with Gasteiger partial charge < -0.3 is 15.1 Å². The van der Waals surface area contributed by atoms with Crippen LogP contribution in [0.25, 0.3) is 0 Å². The number of rotatable bonds is 7. The number of sulfonamides is 1. The first kappa shape index (κ1) is 23.2. The predicted octanol–water partition coefficient (Wildman–Crippen LogP) is 1.78. The quantitative estimate of drug-likeness (QED) is 0.660. The molecule has 0 atom stereocenters. The predicted molar refractivity (Wildman–Crippen MR) is 119 cm³/mol. The van der Waals surface area contributed by atoms with Crippen LogP contribution in [0.2, 0.25) is 0 Å². The maximum absolute atomic E-state index is 13.0. The van der Waals surface area contributed by atoms with Crippen molar-refractivity contribution < 1.29 is 13.2 Å². The SMILES string of the molecule is Cc1ccc(S(=O)(=O)N2CCC(C)CC2)cc1C(=O)NCCCN1CCN(C)CC1. The fraction of sp³-hybridized carbons (Fsp3) is 0.682. The Bertz CT molecular complexity index is 827. The smallest absolute Gasteiger partial charge is 0.251 e. The minimum atomic E-state index is -3.56. The zero-order chi connectivity index (χ0) is 21.7. The van der Waals surface area contributed by atoms with E-state index in [1.54, 1.807) is 22.5 Å². The molecule has 2 saturated heterocycles. The van der Waals surface area contributed by atoms with E-state index in [0.717, 1.165) is 57.5 Å². The summed E-state index contributed by atoms with van der Waals surface area (Å²) in [5.74, 6) is 0.358. The topological polar surface area (TPSA) is 73.0 Å². The molecule has 2 aliphatic heterocycles. The maximum atomic E-state index is 13.0. The Kier molecular flexibility index (Phi) is 7.90. The third-order valence-electron chi connectivity index (χ3n) is 6.37. The number of likely N-dealkylation sites (N-methyl/N-ethyl adjacent to an activating group) is 1. The van der Waals surface area contributed by atoms with Gasteiger partial charge in [-0.05, 0) is 63.4 Å². The van der Waals surface area contributed by atoms with Crippen molar-refractivity contribution >= 4 is 15.9 Å². The third-order valence-corrected chi connectivity index (χ3v) is 8.26. The normalized spacial score (nSPS) is 20.4. The third kappa shape index (κ3) is 5.81. The van der Waals surface area contributed by atoms with E-state index in [9.17, 15) is 13.2 Å². The van der Waals surface area contributed by atoms with Crippen molar-refractivity contribution in [3.05, 3.63) is 29.3 Å². The summed E-state index contributed by atoms with van der Waals surface area (Å²) >= 11 is 0. The summed E-state index contributed by atoms with van der Waals surface area (Å²) in [6, 6.07) is 4.89. The van der Waals surface area contributed by atoms with E-state index in [1.807, 2.05) is 6.92 Å². The Balaban J connectivity index is 1.57. The molecule has 2 heterocycles. The number of benzene rings is 1. The van der Waals surface area contributed by atoms with E-state index in [1.165, 1.54) is 0 Å². The lowest BCUT2D eigenvalue weighted by Gasteiger charge is -2.32. The Morgan fingerprint density at radius 1 is 1.10 bits per heavy atom. The van der Waals surface area contributed by atoms with Gasteiger partial charge in [-0.25, -0.2) is 8.42 Å². The molecule has 8 heteroatoms. The molecule has 3 rings (SSSR count). The van der Waals surface area contributed by atoms with Crippen LogP contribution >= 0.6 is 0 Å². The molecule has 0 spiro atoms. The first-order valence-electron chi connectivity index (χ1n) is 11.1. The molecular weight excluding hydrogens is 400 g/mol. The van der Waals surface area contributed by atoms with Crippen molar-refractivity contribution in [2.24, 2.45) is 5.92 Å². The van der Waals surface area contributed by atoms with Crippen LogP contribution in [0, 0.1) is 12.8 Å². The molecule has 168 valence electrons. The fourth-order valence-electron chi connectivity index (χ4n) is 4.05. The van der Waals surface area contributed by atoms with Crippen molar-refractivity contribution in [3.8, 4) is 0 Å². The molecule has 0 aromatic heterocycles. The van der Waals surface area contributed by atoms with E-state index >= 15 is 0 Å². The lowest BCUT2D eigenvalue weighted by molar-refractivity contribution is 0.0948. The van der Waals surface area contributed by atoms with Crippen molar-refractivity contribution in [3.63, 3.8) is 0 Å². The van der Waals surface area contributed by atoms with Gasteiger partial charge in [0, 0.05) is 51.4 Å². The number of aryl methyl sites for hydroxylation is 1. The highest BCUT2D eigenvalue weighted by Gasteiger charge is 2.29. The van der Waals surface area contributed by atoms with E-state index in [4.69, 9.17) is 0 Å². The molecule has 0 aliphatic carbocycles. The molecular formula is C22H36N4O3S. The Morgan fingerprint density at radius 3 is 2.43 bits per heavy atom. The number of hydrogen-bond donors (Lipinski definition) is 1. The molecule has 0 bridgehead atoms. The van der Waals surface area contributed by atoms with Gasteiger partial charge in [0.05, 0.1) is 4.90 Å². The highest BCUT2D eigenvalue weighted by Crippen LogP contribution is 2.25. The molecule has 2 fully saturated rings. The number of amides is 1. The average molecular weight is 437 g/mol. The van der Waals surface area contributed by atoms with Gasteiger partial charge >= 0.3 is 0 Å². The molecule has 1 aromatic rings. The van der Waals surface area contributed by atoms with E-state index < -0.39 is 10.0 Å². The van der Waals surface area contributed by atoms with Crippen LogP contribution in [0.15, 0.2) is 23.1 Å². The summed E-state index contributed by atoms with van der Waals surface area (Å²) in [6.45, 7) is 11.0. The monoisotopic (exact) mass is 436 g/mol. The van der Waals surface area contributed by atoms with Crippen LogP contribution in [0.5, 0.6) is 0 Å². The van der Waals surface area contributed by atoms with Gasteiger partial charge in [-0.1, -0.05) is 13.0 Å². The second-order valence-electron chi connectivity index (χ2n) is 8.82. The Morgan fingerprint density at radius 2 is 1.77 bits per heavy atom. The molecule has 7 nitrogen and oxygen atoms in total. The molecule has 1 amide bonds. The van der Waals surface area contributed by atoms with E-state index in [-0.39, 0.29) is 10.8 Å². The van der Waals surface area contributed by atoms with Crippen LogP contribution in [0.4, 0.5) is 0 Å². The zero-order valence-electron chi connectivity index (χ0n) is 18.6. The van der Waals surface area contributed by atoms with Gasteiger partial charge in [-0.15, -0.1) is 0 Å². The summed E-state index contributed by atoms with van der Waals surface area (Å²) in [7, 11) is -1.42. The lowest BCUT2D eigenvalue weighted by Crippen LogP contribution is -2.45. The standard InChI is InChI=1S/C22H36N4O3S/c1-18-7-11-26(12-8-18)30(28,29)20-6-5-19(2)21(17-20)22(27)23-9-4-10-25-15-13-24(3)14-16-25/h5-6,17-18H,4,7-16H2,1-3H3,(H,23,27). The van der Waals surface area contributed by atoms with Crippen LogP contribution in [0.3, 0.4) is 0 Å². The highest BCUT2D eigenvalue weighted by atomic mass is 32.2. The average Bonchev–Trinajstić information content (AvgIpc) is 2.73. The Hall–Kier alpha value is -1.48. The molecule has 2 aliphatic rings. The highest BCUT2D eigenvalue weighted by molar-refractivity contribution is 7.89. The summed E-state index contributed by atoms with van der Waals surface area (Å²) < 4.78 is 27.6. The second-order valence-corrected chi connectivity index (χ2v) is 10.8. The minimum absolute atomic E-state index is 0.199. The number of carbonyl (C=O) groups is 1. The summed E-state index contributed by atoms with van der Waals surface area (Å²) in [6.07, 6.45) is 2.65. The van der Waals surface area contributed by atoms with Crippen LogP contribution in [-0.2, 0) is 10.0 Å². The van der Waals surface area contributed by atoms with Crippen LogP contribution in [0.1, 0.15) is 42.1 Å². The molecule has 30 heavy (non-hydrogen) atoms. The van der Waals surface area contributed by atoms with Gasteiger partial charge in [-0.2, -0.15) is 4.31 Å². The minimum Gasteiger partial charge on any atom is -0.352 e. The van der Waals surface area contributed by atoms with Crippen molar-refractivity contribution in [2.75, 3.05) is 59.4 Å². The number of nitrogens with zero attached hydrogens (tertiary/aromatic N) is 3. The summed E-state index contributed by atoms with van der Waals surface area (Å²) in [5, 5.41) is 2.97. The second kappa shape index (κ2) is 10.2. The summed E-state index contributed by atoms with van der Waals surface area (Å²) in [5.41, 5.74) is 1.24. The molecule has 0 unspecified atom stereocenters. The van der Waals surface area contributed by atoms with E-state index in [2.05, 4.69) is 29.1 Å². The number of hydrogen-bond acceptors (Lipinski definition) is 5. The summed E-state index contributed by atoms with van der Waals surface area (Å²) in [4.78, 5) is 17.7. The van der Waals surface area contributed by atoms with Gasteiger partial charge in [0.15, 0.2) is 0 Å². The molecule has 0 radical (unpaired) electrons. The largest absolute Gasteiger partial charge is 0.352 e. The Labute approximate surface area is 181 Å². The molecule has 0 saturated carbocycles. The van der Waals surface area contributed by atoms with Crippen molar-refractivity contribution in [1.82, 2.24) is 19.4 Å². The maximum Gasteiger partial charge on any atom is 0.251 e. The van der Waals surface area contributed by atoms with Crippen molar-refractivity contribution in [2.45, 2.75) is 38.0 Å². The van der Waals surface area contributed by atoms with Gasteiger partial charge in [0.1, 0.15) is 0 Å². The first-order valence-corrected chi connectivity index (χ1v) is 12.5. The number of carbonyl (C=O) groups excluding carboxylic acids is 1. The number of piperidine rings is 1. The van der Waals surface area contributed by atoms with Crippen molar-refractivity contribution in [1.29, 1.82) is 0 Å². The molecule has 1 N–H and O–H groups in total. The fourth-order valence-corrected chi connectivity index (χ4v) is 5.55. The van der Waals surface area contributed by atoms with E-state index in [0.29, 0.717) is 31.1 Å². The lowest BCUT2D eigenvalue weighted by atomic mass is 10.0.